The number of thioether (sulfide) groups is 1. The summed E-state index contributed by atoms with van der Waals surface area (Å²) in [7, 11) is 0. The second kappa shape index (κ2) is 8.51. The number of carbonyl (C=O) groups excluding carboxylic acids is 1. The summed E-state index contributed by atoms with van der Waals surface area (Å²) < 4.78 is 9.87. The van der Waals surface area contributed by atoms with Crippen molar-refractivity contribution in [2.45, 2.75) is 37.9 Å². The second-order valence-electron chi connectivity index (χ2n) is 8.15. The van der Waals surface area contributed by atoms with Gasteiger partial charge in [-0.15, -0.1) is 10.2 Å². The van der Waals surface area contributed by atoms with Crippen LogP contribution in [0.5, 0.6) is 0 Å². The molecule has 1 aliphatic carbocycles. The molecular formula is C23H27N5O2S. The van der Waals surface area contributed by atoms with Crippen LogP contribution in [0.25, 0.3) is 5.69 Å². The van der Waals surface area contributed by atoms with Crippen LogP contribution in [0, 0.1) is 13.8 Å². The third-order valence-electron chi connectivity index (χ3n) is 5.95. The van der Waals surface area contributed by atoms with Crippen molar-refractivity contribution in [1.82, 2.24) is 19.3 Å². The van der Waals surface area contributed by atoms with Crippen molar-refractivity contribution in [2.75, 3.05) is 37.0 Å². The van der Waals surface area contributed by atoms with Gasteiger partial charge in [-0.1, -0.05) is 30.0 Å². The highest BCUT2D eigenvalue weighted by molar-refractivity contribution is 7.99. The summed E-state index contributed by atoms with van der Waals surface area (Å²) in [5, 5.41) is 9.67. The third-order valence-corrected chi connectivity index (χ3v) is 6.88. The van der Waals surface area contributed by atoms with E-state index in [9.17, 15) is 4.79 Å². The molecule has 3 aromatic rings. The number of hydrogen-bond acceptors (Lipinski definition) is 6. The number of morpholine rings is 1. The fourth-order valence-electron chi connectivity index (χ4n) is 4.29. The van der Waals surface area contributed by atoms with Gasteiger partial charge in [0.1, 0.15) is 0 Å². The van der Waals surface area contributed by atoms with E-state index in [-0.39, 0.29) is 5.78 Å². The lowest BCUT2D eigenvalue weighted by atomic mass is 10.2. The largest absolute Gasteiger partial charge is 0.378 e. The van der Waals surface area contributed by atoms with Crippen molar-refractivity contribution in [3.8, 4) is 5.69 Å². The molecule has 0 radical (unpaired) electrons. The number of ether oxygens (including phenoxy) is 1. The van der Waals surface area contributed by atoms with Gasteiger partial charge in [-0.3, -0.25) is 9.36 Å². The van der Waals surface area contributed by atoms with Gasteiger partial charge in [-0.05, 0) is 44.9 Å². The minimum atomic E-state index is 0.139. The quantitative estimate of drug-likeness (QED) is 0.413. The number of para-hydroxylation sites is 1. The lowest BCUT2D eigenvalue weighted by Crippen LogP contribution is -2.37. The molecule has 0 unspecified atom stereocenters. The van der Waals surface area contributed by atoms with Crippen molar-refractivity contribution in [2.24, 2.45) is 0 Å². The van der Waals surface area contributed by atoms with E-state index in [1.54, 1.807) is 0 Å². The van der Waals surface area contributed by atoms with E-state index in [0.29, 0.717) is 25.0 Å². The lowest BCUT2D eigenvalue weighted by molar-refractivity contribution is 0.102. The highest BCUT2D eigenvalue weighted by atomic mass is 32.2. The molecule has 0 bridgehead atoms. The van der Waals surface area contributed by atoms with E-state index in [1.807, 2.05) is 36.4 Å². The van der Waals surface area contributed by atoms with Crippen LogP contribution in [-0.2, 0) is 4.74 Å². The first-order valence-electron chi connectivity index (χ1n) is 10.8. The Hall–Kier alpha value is -2.58. The first-order chi connectivity index (χ1) is 15.1. The Morgan fingerprint density at radius 1 is 1.13 bits per heavy atom. The summed E-state index contributed by atoms with van der Waals surface area (Å²) in [5.74, 6) is 1.28. The fraction of sp³-hybridized carbons (Fsp3) is 0.435. The number of nitrogens with zero attached hydrogens (tertiary/aromatic N) is 5. The van der Waals surface area contributed by atoms with Crippen molar-refractivity contribution < 1.29 is 9.53 Å². The first kappa shape index (κ1) is 20.3. The average molecular weight is 438 g/mol. The van der Waals surface area contributed by atoms with Gasteiger partial charge in [0.25, 0.3) is 0 Å². The zero-order valence-electron chi connectivity index (χ0n) is 18.0. The van der Waals surface area contributed by atoms with Crippen LogP contribution >= 0.6 is 11.8 Å². The first-order valence-corrected chi connectivity index (χ1v) is 11.8. The lowest BCUT2D eigenvalue weighted by Gasteiger charge is -2.27. The molecule has 1 saturated heterocycles. The number of Topliss-reactive ketones (excluding diaryl/α,β-unsaturated/α-hetero) is 1. The van der Waals surface area contributed by atoms with E-state index >= 15 is 0 Å². The molecule has 7 nitrogen and oxygen atoms in total. The van der Waals surface area contributed by atoms with Crippen LogP contribution in [-0.4, -0.2) is 57.2 Å². The number of hydrogen-bond donors (Lipinski definition) is 0. The molecule has 31 heavy (non-hydrogen) atoms. The number of rotatable bonds is 7. The molecule has 5 rings (SSSR count). The Balaban J connectivity index is 1.40. The standard InChI is InChI=1S/C23H27N5O2S/c1-16-14-20(17(2)27(16)19-8-9-19)21(29)15-31-23-25-24-22(26-10-12-30-13-11-26)28(23)18-6-4-3-5-7-18/h3-7,14,19H,8-13,15H2,1-2H3. The monoisotopic (exact) mass is 437 g/mol. The molecule has 2 fully saturated rings. The molecular weight excluding hydrogens is 410 g/mol. The van der Waals surface area contributed by atoms with Crippen molar-refractivity contribution >= 4 is 23.5 Å². The summed E-state index contributed by atoms with van der Waals surface area (Å²) in [4.78, 5) is 15.3. The van der Waals surface area contributed by atoms with Gasteiger partial charge in [0.05, 0.1) is 24.7 Å². The van der Waals surface area contributed by atoms with Crippen LogP contribution < -0.4 is 4.90 Å². The average Bonchev–Trinajstić information content (AvgIpc) is 3.46. The molecule has 0 amide bonds. The topological polar surface area (TPSA) is 65.2 Å². The Kier molecular flexibility index (Phi) is 5.58. The highest BCUT2D eigenvalue weighted by Gasteiger charge is 2.29. The molecule has 0 N–H and O–H groups in total. The third kappa shape index (κ3) is 4.02. The summed E-state index contributed by atoms with van der Waals surface area (Å²) in [6.07, 6.45) is 2.42. The number of anilines is 1. The predicted molar refractivity (Wildman–Crippen MR) is 122 cm³/mol. The highest BCUT2D eigenvalue weighted by Crippen LogP contribution is 2.38. The second-order valence-corrected chi connectivity index (χ2v) is 9.09. The van der Waals surface area contributed by atoms with Gasteiger partial charge < -0.3 is 14.2 Å². The van der Waals surface area contributed by atoms with Gasteiger partial charge in [0, 0.05) is 36.1 Å². The maximum Gasteiger partial charge on any atom is 0.232 e. The number of ketones is 1. The van der Waals surface area contributed by atoms with E-state index in [1.165, 1.54) is 30.3 Å². The van der Waals surface area contributed by atoms with E-state index in [0.717, 1.165) is 41.1 Å². The maximum absolute atomic E-state index is 13.1. The minimum Gasteiger partial charge on any atom is -0.378 e. The fourth-order valence-corrected chi connectivity index (χ4v) is 5.12. The molecule has 1 aromatic carbocycles. The van der Waals surface area contributed by atoms with Crippen LogP contribution in [0.15, 0.2) is 41.6 Å². The van der Waals surface area contributed by atoms with Gasteiger partial charge >= 0.3 is 0 Å². The molecule has 0 spiro atoms. The number of benzene rings is 1. The van der Waals surface area contributed by atoms with Crippen molar-refractivity contribution in [3.63, 3.8) is 0 Å². The number of aryl methyl sites for hydroxylation is 1. The SMILES string of the molecule is Cc1cc(C(=O)CSc2nnc(N3CCOCC3)n2-c2ccccc2)c(C)n1C1CC1. The molecule has 8 heteroatoms. The van der Waals surface area contributed by atoms with Gasteiger partial charge in [-0.2, -0.15) is 0 Å². The molecule has 162 valence electrons. The van der Waals surface area contributed by atoms with E-state index < -0.39 is 0 Å². The minimum absolute atomic E-state index is 0.139. The summed E-state index contributed by atoms with van der Waals surface area (Å²) >= 11 is 1.45. The normalized spacial score (nSPS) is 16.6. The molecule has 1 aliphatic heterocycles. The number of carbonyl (C=O) groups is 1. The molecule has 2 aromatic heterocycles. The molecule has 0 atom stereocenters. The predicted octanol–water partition coefficient (Wildman–Crippen LogP) is 3.83. The van der Waals surface area contributed by atoms with Crippen molar-refractivity contribution in [1.29, 1.82) is 0 Å². The Morgan fingerprint density at radius 2 is 1.87 bits per heavy atom. The van der Waals surface area contributed by atoms with E-state index in [2.05, 4.69) is 38.1 Å². The maximum atomic E-state index is 13.1. The Bertz CT molecular complexity index is 1080. The van der Waals surface area contributed by atoms with Crippen LogP contribution in [0.2, 0.25) is 0 Å². The summed E-state index contributed by atoms with van der Waals surface area (Å²) in [6.45, 7) is 7.07. The molecule has 1 saturated carbocycles. The molecule has 3 heterocycles. The van der Waals surface area contributed by atoms with Gasteiger partial charge in [0.2, 0.25) is 5.95 Å². The Morgan fingerprint density at radius 3 is 2.58 bits per heavy atom. The number of aromatic nitrogens is 4. The van der Waals surface area contributed by atoms with Crippen molar-refractivity contribution in [3.05, 3.63) is 53.3 Å². The zero-order chi connectivity index (χ0) is 21.4. The molecule has 2 aliphatic rings. The summed E-state index contributed by atoms with van der Waals surface area (Å²) in [5.41, 5.74) is 4.09. The Labute approximate surface area is 186 Å². The van der Waals surface area contributed by atoms with E-state index in [4.69, 9.17) is 4.74 Å². The van der Waals surface area contributed by atoms with Gasteiger partial charge in [-0.25, -0.2) is 0 Å². The van der Waals surface area contributed by atoms with Crippen LogP contribution in [0.1, 0.15) is 40.6 Å². The summed E-state index contributed by atoms with van der Waals surface area (Å²) in [6, 6.07) is 12.7. The van der Waals surface area contributed by atoms with Crippen LogP contribution in [0.3, 0.4) is 0 Å². The van der Waals surface area contributed by atoms with Crippen LogP contribution in [0.4, 0.5) is 5.95 Å². The zero-order valence-corrected chi connectivity index (χ0v) is 18.8. The smallest absolute Gasteiger partial charge is 0.232 e. The van der Waals surface area contributed by atoms with Gasteiger partial charge in [0.15, 0.2) is 10.9 Å².